The van der Waals surface area contributed by atoms with Gasteiger partial charge >= 0.3 is 0 Å². The molecule has 1 aromatic carbocycles. The SMILES string of the molecule is COc1ccc(CN2CCN(C(=O)CCc3c(C)nn(CCC#N)c3C)CC2)cc1OC. The van der Waals surface area contributed by atoms with Gasteiger partial charge in [0.15, 0.2) is 11.5 Å². The largest absolute Gasteiger partial charge is 0.493 e. The standard InChI is InChI=1S/C24H33N5O3/c1-18-21(19(2)29(26-18)11-5-10-25)7-9-24(30)28-14-12-27(13-15-28)17-20-6-8-22(31-3)23(16-20)32-4/h6,8,16H,5,7,9,11-15,17H2,1-4H3. The van der Waals surface area contributed by atoms with Gasteiger partial charge in [-0.3, -0.25) is 14.4 Å². The first kappa shape index (κ1) is 23.6. The predicted octanol–water partition coefficient (Wildman–Crippen LogP) is 2.71. The van der Waals surface area contributed by atoms with Crippen LogP contribution in [0, 0.1) is 25.2 Å². The Hall–Kier alpha value is -3.05. The smallest absolute Gasteiger partial charge is 0.222 e. The number of nitrogens with zero attached hydrogens (tertiary/aromatic N) is 5. The van der Waals surface area contributed by atoms with Crippen LogP contribution in [-0.2, 0) is 24.3 Å². The molecular weight excluding hydrogens is 406 g/mol. The molecule has 0 aliphatic carbocycles. The lowest BCUT2D eigenvalue weighted by Gasteiger charge is -2.35. The molecule has 0 atom stereocenters. The van der Waals surface area contributed by atoms with Crippen molar-refractivity contribution in [1.29, 1.82) is 5.26 Å². The summed E-state index contributed by atoms with van der Waals surface area (Å²) in [6.07, 6.45) is 1.62. The number of carbonyl (C=O) groups excluding carboxylic acids is 1. The molecule has 0 N–H and O–H groups in total. The third-order valence-electron chi connectivity index (χ3n) is 6.13. The number of hydrogen-bond donors (Lipinski definition) is 0. The fraction of sp³-hybridized carbons (Fsp3) is 0.542. The molecule has 0 bridgehead atoms. The first-order chi connectivity index (χ1) is 15.5. The minimum absolute atomic E-state index is 0.194. The zero-order valence-corrected chi connectivity index (χ0v) is 19.6. The molecule has 0 radical (unpaired) electrons. The summed E-state index contributed by atoms with van der Waals surface area (Å²) < 4.78 is 12.6. The quantitative estimate of drug-likeness (QED) is 0.597. The van der Waals surface area contributed by atoms with E-state index >= 15 is 0 Å². The maximum atomic E-state index is 12.8. The summed E-state index contributed by atoms with van der Waals surface area (Å²) in [6, 6.07) is 8.16. The highest BCUT2D eigenvalue weighted by atomic mass is 16.5. The molecule has 32 heavy (non-hydrogen) atoms. The van der Waals surface area contributed by atoms with E-state index in [0.717, 1.165) is 61.2 Å². The second kappa shape index (κ2) is 11.0. The van der Waals surface area contributed by atoms with Crippen molar-refractivity contribution in [2.75, 3.05) is 40.4 Å². The number of aromatic nitrogens is 2. The van der Waals surface area contributed by atoms with Crippen molar-refractivity contribution in [3.63, 3.8) is 0 Å². The number of carbonyl (C=O) groups is 1. The first-order valence-corrected chi connectivity index (χ1v) is 11.1. The van der Waals surface area contributed by atoms with Crippen molar-refractivity contribution >= 4 is 5.91 Å². The number of aryl methyl sites for hydroxylation is 2. The lowest BCUT2D eigenvalue weighted by Crippen LogP contribution is -2.48. The van der Waals surface area contributed by atoms with Gasteiger partial charge < -0.3 is 14.4 Å². The van der Waals surface area contributed by atoms with Gasteiger partial charge in [-0.25, -0.2) is 0 Å². The highest BCUT2D eigenvalue weighted by molar-refractivity contribution is 5.76. The third-order valence-corrected chi connectivity index (χ3v) is 6.13. The van der Waals surface area contributed by atoms with Crippen LogP contribution in [-0.4, -0.2) is 65.9 Å². The van der Waals surface area contributed by atoms with Crippen LogP contribution in [0.3, 0.4) is 0 Å². The van der Waals surface area contributed by atoms with Gasteiger partial charge in [0.1, 0.15) is 0 Å². The zero-order chi connectivity index (χ0) is 23.1. The average Bonchev–Trinajstić information content (AvgIpc) is 3.08. The van der Waals surface area contributed by atoms with E-state index in [1.165, 1.54) is 5.56 Å². The third kappa shape index (κ3) is 5.60. The minimum atomic E-state index is 0.194. The summed E-state index contributed by atoms with van der Waals surface area (Å²) in [6.45, 7) is 8.60. The number of methoxy groups -OCH3 is 2. The van der Waals surface area contributed by atoms with Crippen LogP contribution >= 0.6 is 0 Å². The maximum Gasteiger partial charge on any atom is 0.222 e. The van der Waals surface area contributed by atoms with Gasteiger partial charge in [-0.1, -0.05) is 6.07 Å². The Balaban J connectivity index is 1.49. The van der Waals surface area contributed by atoms with Crippen molar-refractivity contribution in [1.82, 2.24) is 19.6 Å². The molecule has 0 spiro atoms. The van der Waals surface area contributed by atoms with E-state index in [1.807, 2.05) is 35.6 Å². The molecule has 1 aliphatic heterocycles. The summed E-state index contributed by atoms with van der Waals surface area (Å²) in [5.74, 6) is 1.66. The Kier molecular flexibility index (Phi) is 8.12. The zero-order valence-electron chi connectivity index (χ0n) is 19.6. The van der Waals surface area contributed by atoms with Crippen LogP contribution in [0.4, 0.5) is 0 Å². The summed E-state index contributed by atoms with van der Waals surface area (Å²) in [7, 11) is 3.28. The Morgan fingerprint density at radius 1 is 1.12 bits per heavy atom. The summed E-state index contributed by atoms with van der Waals surface area (Å²) in [5.41, 5.74) is 4.31. The monoisotopic (exact) mass is 439 g/mol. The summed E-state index contributed by atoms with van der Waals surface area (Å²) >= 11 is 0. The number of amides is 1. The van der Waals surface area contributed by atoms with E-state index in [4.69, 9.17) is 14.7 Å². The van der Waals surface area contributed by atoms with Gasteiger partial charge in [0.2, 0.25) is 5.91 Å². The molecule has 8 heteroatoms. The Morgan fingerprint density at radius 3 is 2.50 bits per heavy atom. The van der Waals surface area contributed by atoms with Crippen molar-refractivity contribution in [3.05, 3.63) is 40.7 Å². The Morgan fingerprint density at radius 2 is 1.84 bits per heavy atom. The van der Waals surface area contributed by atoms with E-state index in [9.17, 15) is 4.79 Å². The molecule has 172 valence electrons. The summed E-state index contributed by atoms with van der Waals surface area (Å²) in [5, 5.41) is 13.3. The van der Waals surface area contributed by atoms with Crippen LogP contribution in [0.2, 0.25) is 0 Å². The molecule has 1 aliphatic rings. The molecule has 1 amide bonds. The molecule has 1 fully saturated rings. The molecule has 1 aromatic heterocycles. The van der Waals surface area contributed by atoms with Crippen LogP contribution in [0.5, 0.6) is 11.5 Å². The highest BCUT2D eigenvalue weighted by Gasteiger charge is 2.22. The van der Waals surface area contributed by atoms with Crippen molar-refractivity contribution in [3.8, 4) is 17.6 Å². The second-order valence-corrected chi connectivity index (χ2v) is 8.13. The van der Waals surface area contributed by atoms with Crippen molar-refractivity contribution in [2.24, 2.45) is 0 Å². The van der Waals surface area contributed by atoms with Crippen molar-refractivity contribution in [2.45, 2.75) is 46.2 Å². The Bertz CT molecular complexity index is 971. The average molecular weight is 440 g/mol. The first-order valence-electron chi connectivity index (χ1n) is 11.1. The van der Waals surface area contributed by atoms with E-state index in [2.05, 4.69) is 22.1 Å². The lowest BCUT2D eigenvalue weighted by atomic mass is 10.1. The van der Waals surface area contributed by atoms with Crippen LogP contribution in [0.1, 0.15) is 35.4 Å². The molecule has 0 saturated carbocycles. The normalized spacial score (nSPS) is 14.3. The van der Waals surface area contributed by atoms with E-state index in [-0.39, 0.29) is 5.91 Å². The van der Waals surface area contributed by atoms with Crippen LogP contribution < -0.4 is 9.47 Å². The maximum absolute atomic E-state index is 12.8. The van der Waals surface area contributed by atoms with Gasteiger partial charge in [0, 0.05) is 44.8 Å². The number of ether oxygens (including phenoxy) is 2. The number of benzene rings is 1. The number of hydrogen-bond acceptors (Lipinski definition) is 6. The predicted molar refractivity (Wildman–Crippen MR) is 122 cm³/mol. The van der Waals surface area contributed by atoms with Crippen LogP contribution in [0.25, 0.3) is 0 Å². The molecule has 3 rings (SSSR count). The molecule has 2 aromatic rings. The van der Waals surface area contributed by atoms with Gasteiger partial charge in [0.05, 0.1) is 38.9 Å². The molecule has 1 saturated heterocycles. The topological polar surface area (TPSA) is 83.6 Å². The molecule has 0 unspecified atom stereocenters. The lowest BCUT2D eigenvalue weighted by molar-refractivity contribution is -0.133. The van der Waals surface area contributed by atoms with E-state index < -0.39 is 0 Å². The van der Waals surface area contributed by atoms with E-state index in [0.29, 0.717) is 25.8 Å². The van der Waals surface area contributed by atoms with Crippen LogP contribution in [0.15, 0.2) is 18.2 Å². The number of nitriles is 1. The van der Waals surface area contributed by atoms with Gasteiger partial charge in [0.25, 0.3) is 0 Å². The number of rotatable bonds is 9. The van der Waals surface area contributed by atoms with Gasteiger partial charge in [-0.15, -0.1) is 0 Å². The fourth-order valence-corrected chi connectivity index (χ4v) is 4.25. The highest BCUT2D eigenvalue weighted by Crippen LogP contribution is 2.28. The Labute approximate surface area is 190 Å². The number of piperazine rings is 1. The van der Waals surface area contributed by atoms with Crippen molar-refractivity contribution < 1.29 is 14.3 Å². The fourth-order valence-electron chi connectivity index (χ4n) is 4.25. The van der Waals surface area contributed by atoms with E-state index in [1.54, 1.807) is 14.2 Å². The summed E-state index contributed by atoms with van der Waals surface area (Å²) in [4.78, 5) is 17.1. The molecule has 2 heterocycles. The van der Waals surface area contributed by atoms with Gasteiger partial charge in [-0.2, -0.15) is 10.4 Å². The minimum Gasteiger partial charge on any atom is -0.493 e. The second-order valence-electron chi connectivity index (χ2n) is 8.13. The van der Waals surface area contributed by atoms with Gasteiger partial charge in [-0.05, 0) is 43.5 Å². The molecule has 8 nitrogen and oxygen atoms in total. The molecular formula is C24H33N5O3.